The van der Waals surface area contributed by atoms with Crippen LogP contribution in [0.2, 0.25) is 0 Å². The molecule has 0 aliphatic rings. The van der Waals surface area contributed by atoms with Crippen LogP contribution in [-0.2, 0) is 13.0 Å². The first kappa shape index (κ1) is 14.5. The molecule has 0 saturated carbocycles. The molecule has 0 aromatic carbocycles. The Morgan fingerprint density at radius 2 is 2.06 bits per heavy atom. The molecule has 0 fully saturated rings. The largest absolute Gasteiger partial charge is 0.354 e. The van der Waals surface area contributed by atoms with Gasteiger partial charge < -0.3 is 10.2 Å². The quantitative estimate of drug-likeness (QED) is 0.759. The van der Waals surface area contributed by atoms with Crippen LogP contribution in [0.5, 0.6) is 0 Å². The summed E-state index contributed by atoms with van der Waals surface area (Å²) in [7, 11) is 4.11. The molecule has 1 heterocycles. The summed E-state index contributed by atoms with van der Waals surface area (Å²) >= 11 is 1.81. The monoisotopic (exact) mass is 255 g/mol. The number of hydrogen-bond acceptors (Lipinski definition) is 4. The summed E-state index contributed by atoms with van der Waals surface area (Å²) < 4.78 is 0. The lowest BCUT2D eigenvalue weighted by atomic mass is 10.1. The second-order valence-electron chi connectivity index (χ2n) is 5.04. The van der Waals surface area contributed by atoms with Crippen LogP contribution in [0, 0.1) is 5.92 Å². The van der Waals surface area contributed by atoms with E-state index < -0.39 is 0 Å². The Kier molecular flexibility index (Phi) is 5.92. The van der Waals surface area contributed by atoms with Gasteiger partial charge in [-0.25, -0.2) is 4.98 Å². The van der Waals surface area contributed by atoms with E-state index >= 15 is 0 Å². The molecule has 1 rings (SSSR count). The topological polar surface area (TPSA) is 28.2 Å². The van der Waals surface area contributed by atoms with E-state index in [4.69, 9.17) is 4.98 Å². The van der Waals surface area contributed by atoms with E-state index in [1.54, 1.807) is 0 Å². The normalized spacial score (nSPS) is 11.2. The van der Waals surface area contributed by atoms with Crippen molar-refractivity contribution in [3.63, 3.8) is 0 Å². The van der Waals surface area contributed by atoms with Crippen molar-refractivity contribution in [1.82, 2.24) is 10.3 Å². The molecular weight excluding hydrogens is 230 g/mol. The zero-order valence-electron chi connectivity index (χ0n) is 11.7. The Balaban J connectivity index is 2.76. The van der Waals surface area contributed by atoms with Gasteiger partial charge in [0.2, 0.25) is 0 Å². The lowest BCUT2D eigenvalue weighted by Crippen LogP contribution is -2.14. The van der Waals surface area contributed by atoms with Gasteiger partial charge in [-0.05, 0) is 25.3 Å². The van der Waals surface area contributed by atoms with Crippen molar-refractivity contribution in [2.75, 3.05) is 25.5 Å². The summed E-state index contributed by atoms with van der Waals surface area (Å²) in [5, 5.41) is 4.59. The molecule has 4 heteroatoms. The Morgan fingerprint density at radius 1 is 1.35 bits per heavy atom. The lowest BCUT2D eigenvalue weighted by Gasteiger charge is -2.06. The third-order valence-corrected chi connectivity index (χ3v) is 3.73. The summed E-state index contributed by atoms with van der Waals surface area (Å²) in [5.41, 5.74) is 1.28. The highest BCUT2D eigenvalue weighted by atomic mass is 32.1. The molecule has 0 saturated heterocycles. The van der Waals surface area contributed by atoms with Gasteiger partial charge in [0, 0.05) is 25.5 Å². The molecule has 0 spiro atoms. The summed E-state index contributed by atoms with van der Waals surface area (Å²) in [6, 6.07) is 0. The first-order valence-electron chi connectivity index (χ1n) is 6.41. The molecule has 1 aromatic rings. The van der Waals surface area contributed by atoms with Crippen molar-refractivity contribution in [3.05, 3.63) is 10.6 Å². The number of nitrogens with zero attached hydrogens (tertiary/aromatic N) is 2. The SMILES string of the molecule is CCCNCc1sc(N(C)C)nc1CC(C)C. The minimum absolute atomic E-state index is 0.664. The van der Waals surface area contributed by atoms with Crippen molar-refractivity contribution in [1.29, 1.82) is 0 Å². The van der Waals surface area contributed by atoms with Crippen LogP contribution >= 0.6 is 11.3 Å². The fourth-order valence-corrected chi connectivity index (χ4v) is 2.60. The fraction of sp³-hybridized carbons (Fsp3) is 0.769. The molecule has 0 bridgehead atoms. The van der Waals surface area contributed by atoms with Gasteiger partial charge in [0.1, 0.15) is 0 Å². The molecule has 17 heavy (non-hydrogen) atoms. The molecule has 98 valence electrons. The van der Waals surface area contributed by atoms with Crippen LogP contribution in [0.25, 0.3) is 0 Å². The molecule has 3 nitrogen and oxygen atoms in total. The molecule has 0 atom stereocenters. The average Bonchev–Trinajstić information content (AvgIpc) is 2.61. The number of aromatic nitrogens is 1. The maximum absolute atomic E-state index is 4.73. The fourth-order valence-electron chi connectivity index (χ4n) is 1.62. The van der Waals surface area contributed by atoms with Gasteiger partial charge in [0.15, 0.2) is 5.13 Å². The van der Waals surface area contributed by atoms with Gasteiger partial charge in [-0.15, -0.1) is 11.3 Å². The number of thiazole rings is 1. The maximum atomic E-state index is 4.73. The zero-order valence-corrected chi connectivity index (χ0v) is 12.5. The summed E-state index contributed by atoms with van der Waals surface area (Å²) in [6.07, 6.45) is 2.26. The minimum Gasteiger partial charge on any atom is -0.354 e. The van der Waals surface area contributed by atoms with E-state index in [1.807, 2.05) is 11.3 Å². The number of nitrogens with one attached hydrogen (secondary N) is 1. The summed E-state index contributed by atoms with van der Waals surface area (Å²) in [6.45, 7) is 8.73. The van der Waals surface area contributed by atoms with E-state index in [0.29, 0.717) is 5.92 Å². The third-order valence-electron chi connectivity index (χ3n) is 2.46. The van der Waals surface area contributed by atoms with Crippen LogP contribution in [0.15, 0.2) is 0 Å². The molecule has 0 aliphatic heterocycles. The van der Waals surface area contributed by atoms with Gasteiger partial charge >= 0.3 is 0 Å². The smallest absolute Gasteiger partial charge is 0.185 e. The van der Waals surface area contributed by atoms with Gasteiger partial charge in [0.05, 0.1) is 5.69 Å². The van der Waals surface area contributed by atoms with E-state index in [0.717, 1.165) is 24.6 Å². The van der Waals surface area contributed by atoms with Crippen LogP contribution in [-0.4, -0.2) is 25.6 Å². The van der Waals surface area contributed by atoms with E-state index in [2.05, 4.69) is 45.1 Å². The van der Waals surface area contributed by atoms with E-state index in [1.165, 1.54) is 17.0 Å². The number of rotatable bonds is 7. The predicted molar refractivity (Wildman–Crippen MR) is 77.0 cm³/mol. The molecule has 0 unspecified atom stereocenters. The van der Waals surface area contributed by atoms with Crippen molar-refractivity contribution >= 4 is 16.5 Å². The predicted octanol–water partition coefficient (Wildman–Crippen LogP) is 2.91. The highest BCUT2D eigenvalue weighted by molar-refractivity contribution is 7.15. The maximum Gasteiger partial charge on any atom is 0.185 e. The average molecular weight is 255 g/mol. The molecule has 0 radical (unpaired) electrons. The van der Waals surface area contributed by atoms with Crippen molar-refractivity contribution in [2.24, 2.45) is 5.92 Å². The Labute approximate surface area is 109 Å². The lowest BCUT2D eigenvalue weighted by molar-refractivity contribution is 0.623. The molecule has 1 N–H and O–H groups in total. The molecule has 1 aromatic heterocycles. The van der Waals surface area contributed by atoms with Crippen LogP contribution in [0.3, 0.4) is 0 Å². The third kappa shape index (κ3) is 4.64. The highest BCUT2D eigenvalue weighted by Gasteiger charge is 2.13. The minimum atomic E-state index is 0.664. The zero-order chi connectivity index (χ0) is 12.8. The standard InChI is InChI=1S/C13H25N3S/c1-6-7-14-9-12-11(8-10(2)3)15-13(17-12)16(4)5/h10,14H,6-9H2,1-5H3. The van der Waals surface area contributed by atoms with Crippen LogP contribution in [0.4, 0.5) is 5.13 Å². The van der Waals surface area contributed by atoms with Crippen molar-refractivity contribution in [2.45, 2.75) is 40.2 Å². The van der Waals surface area contributed by atoms with Crippen LogP contribution in [0.1, 0.15) is 37.8 Å². The summed E-state index contributed by atoms with van der Waals surface area (Å²) in [5.74, 6) is 0.664. The van der Waals surface area contributed by atoms with Gasteiger partial charge in [0.25, 0.3) is 0 Å². The number of anilines is 1. The summed E-state index contributed by atoms with van der Waals surface area (Å²) in [4.78, 5) is 8.23. The second kappa shape index (κ2) is 6.97. The molecule has 0 amide bonds. The Hall–Kier alpha value is -0.610. The second-order valence-corrected chi connectivity index (χ2v) is 6.10. The van der Waals surface area contributed by atoms with Crippen molar-refractivity contribution in [3.8, 4) is 0 Å². The van der Waals surface area contributed by atoms with Gasteiger partial charge in [-0.2, -0.15) is 0 Å². The van der Waals surface area contributed by atoms with Crippen molar-refractivity contribution < 1.29 is 0 Å². The van der Waals surface area contributed by atoms with E-state index in [9.17, 15) is 0 Å². The Bertz CT molecular complexity index is 331. The van der Waals surface area contributed by atoms with Crippen LogP contribution < -0.4 is 10.2 Å². The highest BCUT2D eigenvalue weighted by Crippen LogP contribution is 2.26. The Morgan fingerprint density at radius 3 is 2.59 bits per heavy atom. The molecule has 0 aliphatic carbocycles. The van der Waals surface area contributed by atoms with Gasteiger partial charge in [-0.1, -0.05) is 20.8 Å². The first-order valence-corrected chi connectivity index (χ1v) is 7.22. The van der Waals surface area contributed by atoms with Gasteiger partial charge in [-0.3, -0.25) is 0 Å². The number of hydrogen-bond donors (Lipinski definition) is 1. The first-order chi connectivity index (χ1) is 8.04. The van der Waals surface area contributed by atoms with E-state index in [-0.39, 0.29) is 0 Å². The molecular formula is C13H25N3S.